The third kappa shape index (κ3) is 6.44. The fourth-order valence-electron chi connectivity index (χ4n) is 1.87. The Morgan fingerprint density at radius 3 is 2.58 bits per heavy atom. The molecule has 0 aliphatic rings. The average molecular weight is 328 g/mol. The summed E-state index contributed by atoms with van der Waals surface area (Å²) in [7, 11) is 0. The first-order valence-electron chi connectivity index (χ1n) is 7.13. The summed E-state index contributed by atoms with van der Waals surface area (Å²) >= 11 is 3.51. The van der Waals surface area contributed by atoms with Crippen LogP contribution in [0.5, 0.6) is 5.75 Å². The summed E-state index contributed by atoms with van der Waals surface area (Å²) in [5, 5.41) is 3.43. The second-order valence-corrected chi connectivity index (χ2v) is 6.55. The highest BCUT2D eigenvalue weighted by atomic mass is 79.9. The van der Waals surface area contributed by atoms with Crippen LogP contribution in [0.4, 0.5) is 0 Å². The van der Waals surface area contributed by atoms with Gasteiger partial charge in [-0.05, 0) is 55.1 Å². The van der Waals surface area contributed by atoms with Gasteiger partial charge < -0.3 is 10.1 Å². The molecule has 0 aliphatic carbocycles. The van der Waals surface area contributed by atoms with Crippen molar-refractivity contribution >= 4 is 15.9 Å². The van der Waals surface area contributed by atoms with Gasteiger partial charge in [0.2, 0.25) is 0 Å². The summed E-state index contributed by atoms with van der Waals surface area (Å²) in [4.78, 5) is 0. The first kappa shape index (κ1) is 16.5. The van der Waals surface area contributed by atoms with Crippen molar-refractivity contribution in [1.82, 2.24) is 5.32 Å². The molecule has 0 unspecified atom stereocenters. The molecule has 3 heteroatoms. The Balaban J connectivity index is 2.37. The van der Waals surface area contributed by atoms with Crippen LogP contribution in [0.25, 0.3) is 0 Å². The van der Waals surface area contributed by atoms with Crippen LogP contribution in [0.3, 0.4) is 0 Å². The predicted octanol–water partition coefficient (Wildman–Crippen LogP) is 4.59. The van der Waals surface area contributed by atoms with E-state index in [-0.39, 0.29) is 0 Å². The molecule has 0 saturated carbocycles. The van der Waals surface area contributed by atoms with Crippen molar-refractivity contribution in [3.8, 4) is 5.75 Å². The molecule has 0 radical (unpaired) electrons. The van der Waals surface area contributed by atoms with Gasteiger partial charge in [-0.15, -0.1) is 0 Å². The number of rotatable bonds is 8. The van der Waals surface area contributed by atoms with Gasteiger partial charge in [0.05, 0.1) is 6.61 Å². The van der Waals surface area contributed by atoms with Crippen molar-refractivity contribution in [3.05, 3.63) is 28.2 Å². The van der Waals surface area contributed by atoms with Crippen LogP contribution in [0.2, 0.25) is 0 Å². The van der Waals surface area contributed by atoms with Crippen LogP contribution in [-0.4, -0.2) is 19.7 Å². The van der Waals surface area contributed by atoms with E-state index in [9.17, 15) is 0 Å². The molecule has 0 aliphatic heterocycles. The lowest BCUT2D eigenvalue weighted by molar-refractivity contribution is 0.303. The monoisotopic (exact) mass is 327 g/mol. The minimum absolute atomic E-state index is 0.478. The lowest BCUT2D eigenvalue weighted by Crippen LogP contribution is -2.22. The summed E-state index contributed by atoms with van der Waals surface area (Å²) in [6.45, 7) is 11.7. The topological polar surface area (TPSA) is 21.3 Å². The molecule has 1 N–H and O–H groups in total. The third-order valence-electron chi connectivity index (χ3n) is 2.90. The molecule has 1 rings (SSSR count). The highest BCUT2D eigenvalue weighted by molar-refractivity contribution is 9.10. The SMILES string of the molecule is CC(C)CNCCCOc1ccc(Br)cc1C(C)C. The molecule has 0 atom stereocenters. The number of nitrogens with one attached hydrogen (secondary N) is 1. The highest BCUT2D eigenvalue weighted by Gasteiger charge is 2.08. The van der Waals surface area contributed by atoms with Crippen molar-refractivity contribution in [2.75, 3.05) is 19.7 Å². The quantitative estimate of drug-likeness (QED) is 0.705. The molecular weight excluding hydrogens is 302 g/mol. The molecule has 0 fully saturated rings. The second-order valence-electron chi connectivity index (χ2n) is 5.64. The molecule has 19 heavy (non-hydrogen) atoms. The van der Waals surface area contributed by atoms with Crippen LogP contribution in [0.1, 0.15) is 45.6 Å². The zero-order chi connectivity index (χ0) is 14.3. The Morgan fingerprint density at radius 1 is 1.21 bits per heavy atom. The fraction of sp³-hybridized carbons (Fsp3) is 0.625. The molecule has 0 heterocycles. The summed E-state index contributed by atoms with van der Waals surface area (Å²) in [5.41, 5.74) is 1.27. The third-order valence-corrected chi connectivity index (χ3v) is 3.40. The first-order chi connectivity index (χ1) is 9.00. The largest absolute Gasteiger partial charge is 0.493 e. The van der Waals surface area contributed by atoms with E-state index >= 15 is 0 Å². The normalized spacial score (nSPS) is 11.3. The van der Waals surface area contributed by atoms with Gasteiger partial charge in [-0.2, -0.15) is 0 Å². The zero-order valence-electron chi connectivity index (χ0n) is 12.5. The number of benzene rings is 1. The maximum Gasteiger partial charge on any atom is 0.122 e. The van der Waals surface area contributed by atoms with Crippen LogP contribution < -0.4 is 10.1 Å². The van der Waals surface area contributed by atoms with E-state index in [4.69, 9.17) is 4.74 Å². The maximum absolute atomic E-state index is 5.90. The average Bonchev–Trinajstić information content (AvgIpc) is 2.34. The first-order valence-corrected chi connectivity index (χ1v) is 7.93. The number of hydrogen-bond donors (Lipinski definition) is 1. The van der Waals surface area contributed by atoms with Crippen LogP contribution in [0.15, 0.2) is 22.7 Å². The van der Waals surface area contributed by atoms with Crippen LogP contribution >= 0.6 is 15.9 Å². The molecule has 0 amide bonds. The maximum atomic E-state index is 5.90. The van der Waals surface area contributed by atoms with Gasteiger partial charge in [0.25, 0.3) is 0 Å². The molecule has 2 nitrogen and oxygen atoms in total. The molecule has 0 saturated heterocycles. The van der Waals surface area contributed by atoms with E-state index in [2.05, 4.69) is 61.1 Å². The Labute approximate surface area is 126 Å². The van der Waals surface area contributed by atoms with E-state index in [0.717, 1.165) is 36.3 Å². The Bertz CT molecular complexity index is 377. The Kier molecular flexibility index (Phi) is 7.47. The number of halogens is 1. The van der Waals surface area contributed by atoms with Crippen molar-refractivity contribution in [3.63, 3.8) is 0 Å². The van der Waals surface area contributed by atoms with Crippen LogP contribution in [0, 0.1) is 5.92 Å². The molecule has 0 spiro atoms. The molecule has 0 bridgehead atoms. The molecule has 108 valence electrons. The lowest BCUT2D eigenvalue weighted by atomic mass is 10.0. The van der Waals surface area contributed by atoms with E-state index in [1.807, 2.05) is 6.07 Å². The number of hydrogen-bond acceptors (Lipinski definition) is 2. The Hall–Kier alpha value is -0.540. The summed E-state index contributed by atoms with van der Waals surface area (Å²) in [5.74, 6) is 2.20. The van der Waals surface area contributed by atoms with Crippen LogP contribution in [-0.2, 0) is 0 Å². The predicted molar refractivity (Wildman–Crippen MR) is 86.1 cm³/mol. The zero-order valence-corrected chi connectivity index (χ0v) is 14.1. The van der Waals surface area contributed by atoms with Gasteiger partial charge in [-0.25, -0.2) is 0 Å². The van der Waals surface area contributed by atoms with Crippen molar-refractivity contribution in [1.29, 1.82) is 0 Å². The van der Waals surface area contributed by atoms with Gasteiger partial charge in [0, 0.05) is 4.47 Å². The van der Waals surface area contributed by atoms with Crippen molar-refractivity contribution < 1.29 is 4.74 Å². The summed E-state index contributed by atoms with van der Waals surface area (Å²) in [6, 6.07) is 6.25. The van der Waals surface area contributed by atoms with E-state index in [1.165, 1.54) is 5.56 Å². The van der Waals surface area contributed by atoms with E-state index in [0.29, 0.717) is 11.8 Å². The summed E-state index contributed by atoms with van der Waals surface area (Å²) < 4.78 is 7.01. The smallest absolute Gasteiger partial charge is 0.122 e. The van der Waals surface area contributed by atoms with E-state index < -0.39 is 0 Å². The van der Waals surface area contributed by atoms with E-state index in [1.54, 1.807) is 0 Å². The summed E-state index contributed by atoms with van der Waals surface area (Å²) in [6.07, 6.45) is 1.04. The molecule has 1 aromatic rings. The molecule has 1 aromatic carbocycles. The molecular formula is C16H26BrNO. The number of ether oxygens (including phenoxy) is 1. The highest BCUT2D eigenvalue weighted by Crippen LogP contribution is 2.29. The minimum atomic E-state index is 0.478. The Morgan fingerprint density at radius 2 is 1.95 bits per heavy atom. The molecule has 0 aromatic heterocycles. The van der Waals surface area contributed by atoms with Gasteiger partial charge >= 0.3 is 0 Å². The second kappa shape index (κ2) is 8.60. The van der Waals surface area contributed by atoms with Gasteiger partial charge in [-0.3, -0.25) is 0 Å². The van der Waals surface area contributed by atoms with Crippen molar-refractivity contribution in [2.45, 2.75) is 40.0 Å². The lowest BCUT2D eigenvalue weighted by Gasteiger charge is -2.15. The minimum Gasteiger partial charge on any atom is -0.493 e. The van der Waals surface area contributed by atoms with Gasteiger partial charge in [0.1, 0.15) is 5.75 Å². The fourth-order valence-corrected chi connectivity index (χ4v) is 2.25. The standard InChI is InChI=1S/C16H26BrNO/c1-12(2)11-18-8-5-9-19-16-7-6-14(17)10-15(16)13(3)4/h6-7,10,12-13,18H,5,8-9,11H2,1-4H3. The van der Waals surface area contributed by atoms with Gasteiger partial charge in [0.15, 0.2) is 0 Å². The van der Waals surface area contributed by atoms with Gasteiger partial charge in [-0.1, -0.05) is 43.6 Å². The van der Waals surface area contributed by atoms with Crippen molar-refractivity contribution in [2.24, 2.45) is 5.92 Å².